The molecule has 0 bridgehead atoms. The first-order valence-corrected chi connectivity index (χ1v) is 6.57. The SMILES string of the molecule is CCCN1CCOC(C(=O)c2c(Cl)cnn2C)C1. The van der Waals surface area contributed by atoms with Crippen LogP contribution >= 0.6 is 11.6 Å². The summed E-state index contributed by atoms with van der Waals surface area (Å²) in [6.07, 6.45) is 2.13. The van der Waals surface area contributed by atoms with E-state index in [0.717, 1.165) is 19.5 Å². The van der Waals surface area contributed by atoms with Gasteiger partial charge in [0, 0.05) is 20.1 Å². The predicted molar refractivity (Wildman–Crippen MR) is 69.0 cm³/mol. The van der Waals surface area contributed by atoms with Crippen molar-refractivity contribution in [1.82, 2.24) is 14.7 Å². The molecule has 2 heterocycles. The number of Topliss-reactive ketones (excluding diaryl/α,β-unsaturated/α-hetero) is 1. The summed E-state index contributed by atoms with van der Waals surface area (Å²) in [5.41, 5.74) is 0.431. The van der Waals surface area contributed by atoms with Crippen LogP contribution in [0.5, 0.6) is 0 Å². The van der Waals surface area contributed by atoms with Gasteiger partial charge in [-0.05, 0) is 13.0 Å². The predicted octanol–water partition coefficient (Wildman–Crippen LogP) is 1.37. The van der Waals surface area contributed by atoms with Crippen LogP contribution in [0.15, 0.2) is 6.20 Å². The number of nitrogens with zero attached hydrogens (tertiary/aromatic N) is 3. The Balaban J connectivity index is 2.09. The van der Waals surface area contributed by atoms with Crippen molar-refractivity contribution in [1.29, 1.82) is 0 Å². The normalized spacial score (nSPS) is 21.2. The average Bonchev–Trinajstić information content (AvgIpc) is 2.69. The monoisotopic (exact) mass is 271 g/mol. The second kappa shape index (κ2) is 5.82. The van der Waals surface area contributed by atoms with Gasteiger partial charge in [0.15, 0.2) is 0 Å². The molecule has 0 N–H and O–H groups in total. The van der Waals surface area contributed by atoms with Crippen molar-refractivity contribution in [3.8, 4) is 0 Å². The molecule has 1 aliphatic heterocycles. The number of ketones is 1. The van der Waals surface area contributed by atoms with E-state index in [1.165, 1.54) is 10.9 Å². The van der Waals surface area contributed by atoms with E-state index < -0.39 is 6.10 Å². The zero-order valence-corrected chi connectivity index (χ0v) is 11.5. The van der Waals surface area contributed by atoms with E-state index in [0.29, 0.717) is 23.9 Å². The van der Waals surface area contributed by atoms with Crippen LogP contribution in [0.1, 0.15) is 23.8 Å². The molecule has 1 unspecified atom stereocenters. The molecule has 1 aromatic heterocycles. The van der Waals surface area contributed by atoms with Crippen LogP contribution in [0.4, 0.5) is 0 Å². The number of ether oxygens (including phenoxy) is 1. The van der Waals surface area contributed by atoms with E-state index in [4.69, 9.17) is 16.3 Å². The minimum absolute atomic E-state index is 0.0826. The number of hydrogen-bond acceptors (Lipinski definition) is 4. The van der Waals surface area contributed by atoms with Crippen molar-refractivity contribution in [2.75, 3.05) is 26.2 Å². The lowest BCUT2D eigenvalue weighted by Crippen LogP contribution is -2.46. The molecule has 18 heavy (non-hydrogen) atoms. The van der Waals surface area contributed by atoms with E-state index >= 15 is 0 Å². The third-order valence-electron chi connectivity index (χ3n) is 3.11. The number of hydrogen-bond donors (Lipinski definition) is 0. The van der Waals surface area contributed by atoms with Gasteiger partial charge in [-0.3, -0.25) is 14.4 Å². The zero-order valence-electron chi connectivity index (χ0n) is 10.7. The first-order chi connectivity index (χ1) is 8.63. The second-order valence-corrected chi connectivity index (χ2v) is 4.90. The lowest BCUT2D eigenvalue weighted by Gasteiger charge is -2.31. The van der Waals surface area contributed by atoms with Gasteiger partial charge in [0.1, 0.15) is 11.8 Å². The second-order valence-electron chi connectivity index (χ2n) is 4.49. The maximum Gasteiger partial charge on any atom is 0.212 e. The molecule has 1 aliphatic rings. The van der Waals surface area contributed by atoms with Gasteiger partial charge in [0.05, 0.1) is 17.8 Å². The highest BCUT2D eigenvalue weighted by Gasteiger charge is 2.30. The third-order valence-corrected chi connectivity index (χ3v) is 3.39. The van der Waals surface area contributed by atoms with Crippen LogP contribution in [0, 0.1) is 0 Å². The topological polar surface area (TPSA) is 47.4 Å². The molecule has 0 radical (unpaired) electrons. The number of carbonyl (C=O) groups excluding carboxylic acids is 1. The minimum atomic E-state index is -0.432. The first-order valence-electron chi connectivity index (χ1n) is 6.19. The lowest BCUT2D eigenvalue weighted by molar-refractivity contribution is -0.0168. The Morgan fingerprint density at radius 3 is 3.06 bits per heavy atom. The Kier molecular flexibility index (Phi) is 4.37. The maximum atomic E-state index is 12.4. The molecular weight excluding hydrogens is 254 g/mol. The molecule has 6 heteroatoms. The molecule has 0 spiro atoms. The summed E-state index contributed by atoms with van der Waals surface area (Å²) in [5, 5.41) is 4.37. The highest BCUT2D eigenvalue weighted by Crippen LogP contribution is 2.19. The Morgan fingerprint density at radius 2 is 2.44 bits per heavy atom. The van der Waals surface area contributed by atoms with Gasteiger partial charge in [-0.15, -0.1) is 0 Å². The Hall–Kier alpha value is -0.910. The summed E-state index contributed by atoms with van der Waals surface area (Å²) in [4.78, 5) is 14.6. The maximum absolute atomic E-state index is 12.4. The summed E-state index contributed by atoms with van der Waals surface area (Å²) in [5.74, 6) is -0.0826. The van der Waals surface area contributed by atoms with Gasteiger partial charge in [-0.1, -0.05) is 18.5 Å². The molecule has 2 rings (SSSR count). The Bertz CT molecular complexity index is 411. The molecule has 1 fully saturated rings. The number of aromatic nitrogens is 2. The molecule has 0 amide bonds. The quantitative estimate of drug-likeness (QED) is 0.776. The first kappa shape index (κ1) is 13.5. The van der Waals surface area contributed by atoms with E-state index in [1.54, 1.807) is 7.05 Å². The summed E-state index contributed by atoms with van der Waals surface area (Å²) >= 11 is 5.98. The largest absolute Gasteiger partial charge is 0.367 e. The molecule has 0 aliphatic carbocycles. The lowest BCUT2D eigenvalue weighted by atomic mass is 10.1. The van der Waals surface area contributed by atoms with Crippen molar-refractivity contribution in [2.24, 2.45) is 7.05 Å². The van der Waals surface area contributed by atoms with Gasteiger partial charge in [0.25, 0.3) is 0 Å². The molecular formula is C12H18ClN3O2. The van der Waals surface area contributed by atoms with Crippen molar-refractivity contribution >= 4 is 17.4 Å². The third kappa shape index (κ3) is 2.74. The van der Waals surface area contributed by atoms with Crippen molar-refractivity contribution in [3.05, 3.63) is 16.9 Å². The molecule has 5 nitrogen and oxygen atoms in total. The van der Waals surface area contributed by atoms with E-state index in [-0.39, 0.29) is 5.78 Å². The number of rotatable bonds is 4. The summed E-state index contributed by atoms with van der Waals surface area (Å²) in [7, 11) is 1.71. The molecule has 100 valence electrons. The van der Waals surface area contributed by atoms with Gasteiger partial charge < -0.3 is 4.74 Å². The Morgan fingerprint density at radius 1 is 1.67 bits per heavy atom. The number of aryl methyl sites for hydroxylation is 1. The van der Waals surface area contributed by atoms with Gasteiger partial charge >= 0.3 is 0 Å². The fraction of sp³-hybridized carbons (Fsp3) is 0.667. The average molecular weight is 272 g/mol. The van der Waals surface area contributed by atoms with Crippen LogP contribution in [0.2, 0.25) is 5.02 Å². The van der Waals surface area contributed by atoms with Crippen molar-refractivity contribution in [3.63, 3.8) is 0 Å². The summed E-state index contributed by atoms with van der Waals surface area (Å²) < 4.78 is 7.07. The fourth-order valence-electron chi connectivity index (χ4n) is 2.22. The van der Waals surface area contributed by atoms with Crippen molar-refractivity contribution in [2.45, 2.75) is 19.4 Å². The van der Waals surface area contributed by atoms with E-state index in [1.807, 2.05) is 0 Å². The van der Waals surface area contributed by atoms with Crippen LogP contribution in [-0.4, -0.2) is 52.8 Å². The van der Waals surface area contributed by atoms with Crippen LogP contribution < -0.4 is 0 Å². The van der Waals surface area contributed by atoms with Gasteiger partial charge in [0.2, 0.25) is 5.78 Å². The summed E-state index contributed by atoms with van der Waals surface area (Å²) in [6, 6.07) is 0. The molecule has 1 atom stereocenters. The van der Waals surface area contributed by atoms with Crippen LogP contribution in [-0.2, 0) is 11.8 Å². The minimum Gasteiger partial charge on any atom is -0.367 e. The number of carbonyl (C=O) groups is 1. The van der Waals surface area contributed by atoms with Crippen LogP contribution in [0.3, 0.4) is 0 Å². The number of halogens is 1. The van der Waals surface area contributed by atoms with Crippen LogP contribution in [0.25, 0.3) is 0 Å². The number of morpholine rings is 1. The zero-order chi connectivity index (χ0) is 13.1. The highest BCUT2D eigenvalue weighted by atomic mass is 35.5. The van der Waals surface area contributed by atoms with E-state index in [2.05, 4.69) is 16.9 Å². The molecule has 0 aromatic carbocycles. The fourth-order valence-corrected chi connectivity index (χ4v) is 2.48. The van der Waals surface area contributed by atoms with E-state index in [9.17, 15) is 4.79 Å². The van der Waals surface area contributed by atoms with Gasteiger partial charge in [-0.2, -0.15) is 5.10 Å². The molecule has 1 saturated heterocycles. The molecule has 0 saturated carbocycles. The standard InChI is InChI=1S/C12H18ClN3O2/c1-3-4-16-5-6-18-10(8-16)12(17)11-9(13)7-14-15(11)2/h7,10H,3-6,8H2,1-2H3. The van der Waals surface area contributed by atoms with Gasteiger partial charge in [-0.25, -0.2) is 0 Å². The summed E-state index contributed by atoms with van der Waals surface area (Å²) in [6.45, 7) is 5.23. The van der Waals surface area contributed by atoms with Crippen molar-refractivity contribution < 1.29 is 9.53 Å². The smallest absolute Gasteiger partial charge is 0.212 e. The highest BCUT2D eigenvalue weighted by molar-refractivity contribution is 6.33. The Labute approximate surface area is 112 Å². The molecule has 1 aromatic rings.